The van der Waals surface area contributed by atoms with Gasteiger partial charge in [0.25, 0.3) is 0 Å². The van der Waals surface area contributed by atoms with E-state index < -0.39 is 36.1 Å². The molecule has 0 spiro atoms. The lowest BCUT2D eigenvalue weighted by Gasteiger charge is -2.09. The molecule has 0 saturated heterocycles. The molecule has 1 aromatic heterocycles. The number of carboxylic acids is 1. The van der Waals surface area contributed by atoms with Crippen LogP contribution in [0.15, 0.2) is 88.8 Å². The fourth-order valence-corrected chi connectivity index (χ4v) is 4.51. The van der Waals surface area contributed by atoms with Crippen LogP contribution in [0.4, 0.5) is 26.3 Å². The van der Waals surface area contributed by atoms with Crippen molar-refractivity contribution in [2.75, 3.05) is 6.61 Å². The third kappa shape index (κ3) is 9.06. The van der Waals surface area contributed by atoms with Crippen LogP contribution in [0, 0.1) is 30.6 Å². The van der Waals surface area contributed by atoms with Crippen LogP contribution in [0.25, 0.3) is 0 Å². The van der Waals surface area contributed by atoms with Crippen molar-refractivity contribution < 1.29 is 41.0 Å². The van der Waals surface area contributed by atoms with Crippen molar-refractivity contribution in [2.45, 2.75) is 29.2 Å². The predicted molar refractivity (Wildman–Crippen MR) is 148 cm³/mol. The van der Waals surface area contributed by atoms with Crippen LogP contribution in [0.2, 0.25) is 0 Å². The van der Waals surface area contributed by atoms with E-state index in [9.17, 15) is 31.1 Å². The van der Waals surface area contributed by atoms with E-state index in [1.54, 1.807) is 37.3 Å². The molecule has 0 radical (unpaired) electrons. The molecule has 0 fully saturated rings. The van der Waals surface area contributed by atoms with Crippen LogP contribution in [0.3, 0.4) is 0 Å². The smallest absolute Gasteiger partial charge is 0.416 e. The van der Waals surface area contributed by atoms with Crippen molar-refractivity contribution in [3.63, 3.8) is 0 Å². The first kappa shape index (κ1) is 31.1. The Morgan fingerprint density at radius 2 is 1.30 bits per heavy atom. The Morgan fingerprint density at radius 1 is 0.767 bits per heavy atom. The maximum atomic E-state index is 12.9. The van der Waals surface area contributed by atoms with E-state index >= 15 is 0 Å². The molecular formula is C32H19F6NO3S. The summed E-state index contributed by atoms with van der Waals surface area (Å²) >= 11 is 1.25. The lowest BCUT2D eigenvalue weighted by atomic mass is 10.1. The van der Waals surface area contributed by atoms with Gasteiger partial charge in [0.2, 0.25) is 0 Å². The summed E-state index contributed by atoms with van der Waals surface area (Å²) in [4.78, 5) is 16.1. The molecule has 4 nitrogen and oxygen atoms in total. The fraction of sp³-hybridized carbons (Fsp3) is 0.125. The van der Waals surface area contributed by atoms with Crippen LogP contribution in [0.5, 0.6) is 5.75 Å². The van der Waals surface area contributed by atoms with E-state index in [-0.39, 0.29) is 5.69 Å². The molecule has 43 heavy (non-hydrogen) atoms. The molecule has 4 rings (SSSR count). The van der Waals surface area contributed by atoms with Gasteiger partial charge in [0.15, 0.2) is 6.61 Å². The molecule has 0 unspecified atom stereocenters. The number of aromatic nitrogens is 1. The number of hydrogen-bond donors (Lipinski definition) is 1. The number of nitrogens with zero attached hydrogens (tertiary/aromatic N) is 1. The molecule has 0 saturated carbocycles. The Labute approximate surface area is 246 Å². The van der Waals surface area contributed by atoms with E-state index in [0.717, 1.165) is 29.2 Å². The molecule has 218 valence electrons. The number of rotatable bonds is 5. The van der Waals surface area contributed by atoms with Gasteiger partial charge in [-0.2, -0.15) is 26.3 Å². The average Bonchev–Trinajstić information content (AvgIpc) is 2.94. The highest BCUT2D eigenvalue weighted by molar-refractivity contribution is 7.99. The average molecular weight is 612 g/mol. The van der Waals surface area contributed by atoms with Crippen LogP contribution >= 0.6 is 11.8 Å². The molecule has 11 heteroatoms. The molecule has 0 bridgehead atoms. The fourth-order valence-electron chi connectivity index (χ4n) is 3.57. The SMILES string of the molecule is Cc1cc(Sc2cc(C#Cc3ccc(C(F)(F)F)cc3)cc(C#Cc3ccc(C(F)(F)F)cc3)n2)ccc1OCC(=O)O. The number of alkyl halides is 6. The zero-order valence-electron chi connectivity index (χ0n) is 22.1. The van der Waals surface area contributed by atoms with Crippen LogP contribution in [0.1, 0.15) is 39.1 Å². The molecule has 1 heterocycles. The monoisotopic (exact) mass is 611 g/mol. The minimum atomic E-state index is -4.47. The first-order valence-electron chi connectivity index (χ1n) is 12.3. The second kappa shape index (κ2) is 13.0. The zero-order valence-corrected chi connectivity index (χ0v) is 22.9. The maximum Gasteiger partial charge on any atom is 0.416 e. The number of aryl methyl sites for hydroxylation is 1. The molecule has 3 aromatic carbocycles. The number of benzene rings is 3. The Kier molecular flexibility index (Phi) is 9.37. The molecule has 0 aliphatic carbocycles. The van der Waals surface area contributed by atoms with E-state index in [1.165, 1.54) is 36.0 Å². The summed E-state index contributed by atoms with van der Waals surface area (Å²) in [5.41, 5.74) is 0.488. The first-order valence-corrected chi connectivity index (χ1v) is 13.1. The Hall–Kier alpha value is -4.87. The van der Waals surface area contributed by atoms with Gasteiger partial charge in [-0.1, -0.05) is 29.5 Å². The van der Waals surface area contributed by atoms with Crippen LogP contribution in [-0.2, 0) is 17.1 Å². The highest BCUT2D eigenvalue weighted by Crippen LogP contribution is 2.32. The molecule has 0 amide bonds. The number of ether oxygens (including phenoxy) is 1. The topological polar surface area (TPSA) is 59.4 Å². The van der Waals surface area contributed by atoms with Crippen molar-refractivity contribution in [1.82, 2.24) is 4.98 Å². The summed E-state index contributed by atoms with van der Waals surface area (Å²) < 4.78 is 82.6. The van der Waals surface area contributed by atoms with Crippen molar-refractivity contribution >= 4 is 17.7 Å². The number of hydrogen-bond acceptors (Lipinski definition) is 4. The van der Waals surface area contributed by atoms with Gasteiger partial charge < -0.3 is 9.84 Å². The number of pyridine rings is 1. The summed E-state index contributed by atoms with van der Waals surface area (Å²) in [5, 5.41) is 9.31. The first-order chi connectivity index (χ1) is 20.3. The Morgan fingerprint density at radius 3 is 1.81 bits per heavy atom. The number of carbonyl (C=O) groups is 1. The Balaban J connectivity index is 1.65. The highest BCUT2D eigenvalue weighted by Gasteiger charge is 2.30. The number of halogens is 6. The second-order valence-electron chi connectivity index (χ2n) is 8.94. The Bertz CT molecular complexity index is 1660. The number of aliphatic carboxylic acids is 1. The molecule has 4 aromatic rings. The molecule has 0 aliphatic rings. The summed E-state index contributed by atoms with van der Waals surface area (Å²) in [6.45, 7) is 1.26. The van der Waals surface area contributed by atoms with E-state index in [1.807, 2.05) is 0 Å². The van der Waals surface area contributed by atoms with Gasteiger partial charge in [0.05, 0.1) is 11.1 Å². The molecule has 0 atom stereocenters. The largest absolute Gasteiger partial charge is 0.482 e. The predicted octanol–water partition coefficient (Wildman–Crippen LogP) is 7.84. The van der Waals surface area contributed by atoms with E-state index in [2.05, 4.69) is 28.7 Å². The van der Waals surface area contributed by atoms with Crippen molar-refractivity contribution in [3.05, 3.63) is 118 Å². The number of carboxylic acid groups (broad SMARTS) is 1. The van der Waals surface area contributed by atoms with Crippen LogP contribution < -0.4 is 4.74 Å². The van der Waals surface area contributed by atoms with Crippen LogP contribution in [-0.4, -0.2) is 22.7 Å². The minimum Gasteiger partial charge on any atom is -0.482 e. The normalized spacial score (nSPS) is 11.1. The summed E-state index contributed by atoms with van der Waals surface area (Å²) in [6.07, 6.45) is -8.94. The van der Waals surface area contributed by atoms with Gasteiger partial charge in [-0.15, -0.1) is 0 Å². The standard InChI is InChI=1S/C32H19F6NO3S/c1-20-16-27(14-15-28(20)42-19-30(40)41)43-29-18-23(3-2-21-4-9-24(10-5-21)31(33,34)35)17-26(39-29)13-8-22-6-11-25(12-7-22)32(36,37)38/h4-7,9-12,14-18H,19H2,1H3,(H,40,41). The quantitative estimate of drug-likeness (QED) is 0.184. The molecule has 0 aliphatic heterocycles. The van der Waals surface area contributed by atoms with Gasteiger partial charge in [-0.25, -0.2) is 9.78 Å². The van der Waals surface area contributed by atoms with Gasteiger partial charge >= 0.3 is 18.3 Å². The maximum absolute atomic E-state index is 12.9. The van der Waals surface area contributed by atoms with Gasteiger partial charge in [0.1, 0.15) is 16.5 Å². The molecular weight excluding hydrogens is 592 g/mol. The third-order valence-electron chi connectivity index (χ3n) is 5.63. The third-order valence-corrected chi connectivity index (χ3v) is 6.54. The lowest BCUT2D eigenvalue weighted by molar-refractivity contribution is -0.139. The molecule has 1 N–H and O–H groups in total. The van der Waals surface area contributed by atoms with Crippen molar-refractivity contribution in [3.8, 4) is 29.4 Å². The summed E-state index contributed by atoms with van der Waals surface area (Å²) in [6, 6.07) is 17.1. The van der Waals surface area contributed by atoms with Crippen molar-refractivity contribution in [1.29, 1.82) is 0 Å². The van der Waals surface area contributed by atoms with Crippen molar-refractivity contribution in [2.24, 2.45) is 0 Å². The second-order valence-corrected chi connectivity index (χ2v) is 10.0. The summed E-state index contributed by atoms with van der Waals surface area (Å²) in [7, 11) is 0. The van der Waals surface area contributed by atoms with E-state index in [4.69, 9.17) is 9.84 Å². The van der Waals surface area contributed by atoms with E-state index in [0.29, 0.717) is 33.0 Å². The van der Waals surface area contributed by atoms with Gasteiger partial charge in [-0.05, 0) is 97.3 Å². The minimum absolute atomic E-state index is 0.264. The lowest BCUT2D eigenvalue weighted by Crippen LogP contribution is -2.09. The highest BCUT2D eigenvalue weighted by atomic mass is 32.2. The van der Waals surface area contributed by atoms with Gasteiger partial charge in [-0.3, -0.25) is 0 Å². The summed E-state index contributed by atoms with van der Waals surface area (Å²) in [5.74, 6) is 10.6. The van der Waals surface area contributed by atoms with Gasteiger partial charge in [0, 0.05) is 21.6 Å². The zero-order chi connectivity index (χ0) is 31.2.